The number of hydrogen-bond acceptors (Lipinski definition) is 5. The highest BCUT2D eigenvalue weighted by Gasteiger charge is 2.18. The van der Waals surface area contributed by atoms with E-state index in [1.165, 1.54) is 17.1 Å². The number of nitrogens with zero attached hydrogens (tertiary/aromatic N) is 3. The zero-order chi connectivity index (χ0) is 18.6. The van der Waals surface area contributed by atoms with Crippen LogP contribution in [0.3, 0.4) is 0 Å². The van der Waals surface area contributed by atoms with Crippen LogP contribution >= 0.6 is 12.2 Å². The summed E-state index contributed by atoms with van der Waals surface area (Å²) >= 11 is 4.67. The third kappa shape index (κ3) is 4.67. The lowest BCUT2D eigenvalue weighted by atomic mass is 10.1. The fraction of sp³-hybridized carbons (Fsp3) is 0.286. The van der Waals surface area contributed by atoms with Crippen molar-refractivity contribution in [3.8, 4) is 11.1 Å². The van der Waals surface area contributed by atoms with Gasteiger partial charge in [-0.25, -0.2) is 18.9 Å². The second-order valence-electron chi connectivity index (χ2n) is 4.80. The summed E-state index contributed by atoms with van der Waals surface area (Å²) in [6.07, 6.45) is 0.930. The number of anilines is 1. The highest BCUT2D eigenvalue weighted by Crippen LogP contribution is 2.27. The summed E-state index contributed by atoms with van der Waals surface area (Å²) in [4.78, 5) is 14.0. The lowest BCUT2D eigenvalue weighted by Crippen LogP contribution is -2.33. The van der Waals surface area contributed by atoms with E-state index in [2.05, 4.69) is 27.6 Å². The maximum absolute atomic E-state index is 14.3. The first kappa shape index (κ1) is 18.7. The molecule has 134 valence electrons. The molecule has 2 heterocycles. The molecule has 2 aromatic heterocycles. The van der Waals surface area contributed by atoms with E-state index < -0.39 is 24.1 Å². The molecule has 0 saturated carbocycles. The van der Waals surface area contributed by atoms with E-state index in [-0.39, 0.29) is 22.1 Å². The smallest absolute Gasteiger partial charge is 0.410 e. The van der Waals surface area contributed by atoms with Crippen LogP contribution in [0, 0.1) is 11.8 Å². The molecule has 1 atom stereocenters. The molecule has 0 aliphatic heterocycles. The van der Waals surface area contributed by atoms with Gasteiger partial charge < -0.3 is 15.2 Å². The van der Waals surface area contributed by atoms with Crippen LogP contribution in [-0.4, -0.2) is 37.7 Å². The van der Waals surface area contributed by atoms with Crippen molar-refractivity contribution in [2.45, 2.75) is 20.1 Å². The Morgan fingerprint density at radius 2 is 2.24 bits per heavy atom. The molecule has 0 aliphatic carbocycles. The summed E-state index contributed by atoms with van der Waals surface area (Å²) in [5, 5.41) is 16.3. The van der Waals surface area contributed by atoms with E-state index in [0.717, 1.165) is 6.07 Å². The van der Waals surface area contributed by atoms with Crippen molar-refractivity contribution in [1.82, 2.24) is 20.1 Å². The summed E-state index contributed by atoms with van der Waals surface area (Å²) in [5.41, 5.74) is -0.176. The first-order valence-electron chi connectivity index (χ1n) is 7.15. The molecule has 0 fully saturated rings. The van der Waals surface area contributed by atoms with Gasteiger partial charge in [-0.1, -0.05) is 0 Å². The minimum Gasteiger partial charge on any atom is -0.465 e. The number of carboxylic acid groups (broad SMARTS) is 1. The molecule has 0 saturated heterocycles. The fourth-order valence-corrected chi connectivity index (χ4v) is 2.23. The van der Waals surface area contributed by atoms with Gasteiger partial charge in [0.2, 0.25) is 5.95 Å². The predicted molar refractivity (Wildman–Crippen MR) is 89.1 cm³/mol. The molecule has 0 bridgehead atoms. The number of amides is 1. The molecule has 1 unspecified atom stereocenters. The molecule has 0 aromatic carbocycles. The molecular formula is C14H15F2N5O3S. The second-order valence-corrected chi connectivity index (χ2v) is 5.21. The van der Waals surface area contributed by atoms with Crippen LogP contribution in [0.2, 0.25) is 0 Å². The highest BCUT2D eigenvalue weighted by atomic mass is 32.1. The van der Waals surface area contributed by atoms with Gasteiger partial charge in [0, 0.05) is 24.4 Å². The SMILES string of the molecule is CCOC(C)n1cc(-c2c(F)cc(NC(=S)NC(=O)O)nc2F)cn1. The third-order valence-corrected chi connectivity index (χ3v) is 3.26. The Bertz CT molecular complexity index is 776. The summed E-state index contributed by atoms with van der Waals surface area (Å²) in [7, 11) is 0. The molecular weight excluding hydrogens is 356 g/mol. The van der Waals surface area contributed by atoms with Crippen LogP contribution in [0.5, 0.6) is 0 Å². The van der Waals surface area contributed by atoms with Crippen LogP contribution in [-0.2, 0) is 4.74 Å². The Hall–Kier alpha value is -2.66. The standard InChI is InChI=1S/C14H15F2N5O3S/c1-3-24-7(2)21-6-8(5-17-21)11-9(15)4-10(18-12(11)16)19-13(25)20-14(22)23/h4-7H,3H2,1-2H3,(H,22,23)(H2,18,19,20,25). The lowest BCUT2D eigenvalue weighted by Gasteiger charge is -2.11. The minimum absolute atomic E-state index is 0.187. The largest absolute Gasteiger partial charge is 0.465 e. The van der Waals surface area contributed by atoms with Gasteiger partial charge in [-0.05, 0) is 26.1 Å². The number of ether oxygens (including phenoxy) is 1. The summed E-state index contributed by atoms with van der Waals surface area (Å²) in [5.74, 6) is -2.27. The molecule has 3 N–H and O–H groups in total. The van der Waals surface area contributed by atoms with E-state index in [1.54, 1.807) is 6.92 Å². The molecule has 11 heteroatoms. The van der Waals surface area contributed by atoms with Gasteiger partial charge in [0.25, 0.3) is 0 Å². The maximum Gasteiger partial charge on any atom is 0.410 e. The molecule has 0 aliphatic rings. The van der Waals surface area contributed by atoms with E-state index in [4.69, 9.17) is 9.84 Å². The minimum atomic E-state index is -1.41. The topological polar surface area (TPSA) is 101 Å². The second kappa shape index (κ2) is 7.94. The zero-order valence-corrected chi connectivity index (χ0v) is 14.1. The predicted octanol–water partition coefficient (Wildman–Crippen LogP) is 2.74. The zero-order valence-electron chi connectivity index (χ0n) is 13.3. The van der Waals surface area contributed by atoms with Crippen molar-refractivity contribution in [3.63, 3.8) is 0 Å². The monoisotopic (exact) mass is 371 g/mol. The summed E-state index contributed by atoms with van der Waals surface area (Å²) in [6, 6.07) is 0.900. The van der Waals surface area contributed by atoms with Crippen LogP contribution in [0.4, 0.5) is 19.4 Å². The Labute approximate surface area is 146 Å². The summed E-state index contributed by atoms with van der Waals surface area (Å²) in [6.45, 7) is 4.03. The third-order valence-electron chi connectivity index (χ3n) is 3.06. The number of hydrogen-bond donors (Lipinski definition) is 3. The highest BCUT2D eigenvalue weighted by molar-refractivity contribution is 7.80. The van der Waals surface area contributed by atoms with E-state index in [0.29, 0.717) is 6.61 Å². The Kier molecular flexibility index (Phi) is 5.93. The van der Waals surface area contributed by atoms with E-state index in [1.807, 2.05) is 12.2 Å². The van der Waals surface area contributed by atoms with Crippen molar-refractivity contribution >= 4 is 29.2 Å². The number of aromatic nitrogens is 3. The summed E-state index contributed by atoms with van der Waals surface area (Å²) < 4.78 is 35.3. The number of thiocarbonyl (C=S) groups is 1. The lowest BCUT2D eigenvalue weighted by molar-refractivity contribution is 0.0160. The molecule has 2 aromatic rings. The van der Waals surface area contributed by atoms with Gasteiger partial charge >= 0.3 is 6.09 Å². The van der Waals surface area contributed by atoms with E-state index in [9.17, 15) is 13.6 Å². The van der Waals surface area contributed by atoms with Crippen molar-refractivity contribution in [1.29, 1.82) is 0 Å². The van der Waals surface area contributed by atoms with E-state index >= 15 is 0 Å². The first-order valence-corrected chi connectivity index (χ1v) is 7.55. The molecule has 1 amide bonds. The number of nitrogens with one attached hydrogen (secondary N) is 2. The van der Waals surface area contributed by atoms with Crippen LogP contribution in [0.25, 0.3) is 11.1 Å². The van der Waals surface area contributed by atoms with Gasteiger partial charge in [-0.15, -0.1) is 0 Å². The Morgan fingerprint density at radius 3 is 2.84 bits per heavy atom. The normalized spacial score (nSPS) is 11.8. The molecule has 2 rings (SSSR count). The average Bonchev–Trinajstić information content (AvgIpc) is 2.95. The van der Waals surface area contributed by atoms with Crippen LogP contribution < -0.4 is 10.6 Å². The van der Waals surface area contributed by atoms with Crippen LogP contribution in [0.15, 0.2) is 18.5 Å². The van der Waals surface area contributed by atoms with Crippen molar-refractivity contribution in [3.05, 3.63) is 30.2 Å². The molecule has 0 radical (unpaired) electrons. The number of rotatable bonds is 5. The quantitative estimate of drug-likeness (QED) is 0.549. The van der Waals surface area contributed by atoms with Gasteiger partial charge in [-0.3, -0.25) is 5.32 Å². The Balaban J connectivity index is 2.25. The number of halogens is 2. The average molecular weight is 371 g/mol. The molecule has 8 nitrogen and oxygen atoms in total. The van der Waals surface area contributed by atoms with Crippen LogP contribution in [0.1, 0.15) is 20.1 Å². The number of pyridine rings is 1. The van der Waals surface area contributed by atoms with Gasteiger partial charge in [0.15, 0.2) is 5.11 Å². The van der Waals surface area contributed by atoms with Crippen molar-refractivity contribution < 1.29 is 23.4 Å². The van der Waals surface area contributed by atoms with Gasteiger partial charge in [0.05, 0.1) is 11.8 Å². The Morgan fingerprint density at radius 1 is 1.52 bits per heavy atom. The first-order chi connectivity index (χ1) is 11.8. The van der Waals surface area contributed by atoms with Gasteiger partial charge in [0.1, 0.15) is 17.9 Å². The maximum atomic E-state index is 14.3. The van der Waals surface area contributed by atoms with Crippen molar-refractivity contribution in [2.24, 2.45) is 0 Å². The van der Waals surface area contributed by atoms with Gasteiger partial charge in [-0.2, -0.15) is 9.49 Å². The number of carbonyl (C=O) groups is 1. The fourth-order valence-electron chi connectivity index (χ4n) is 2.03. The molecule has 25 heavy (non-hydrogen) atoms. The van der Waals surface area contributed by atoms with Crippen molar-refractivity contribution in [2.75, 3.05) is 11.9 Å². The molecule has 0 spiro atoms.